The Morgan fingerprint density at radius 2 is 1.49 bits per heavy atom. The minimum atomic E-state index is -3.77. The van der Waals surface area contributed by atoms with E-state index in [1.165, 1.54) is 29.0 Å². The molecule has 1 atom stereocenters. The Balaban J connectivity index is 1.63. The predicted molar refractivity (Wildman–Crippen MR) is 167 cm³/mol. The molecule has 9 heteroatoms. The van der Waals surface area contributed by atoms with Crippen LogP contribution < -0.4 is 5.32 Å². The maximum absolute atomic E-state index is 14.1. The summed E-state index contributed by atoms with van der Waals surface area (Å²) in [5, 5.41) is 3.04. The van der Waals surface area contributed by atoms with Crippen LogP contribution in [0.4, 0.5) is 4.39 Å². The summed E-state index contributed by atoms with van der Waals surface area (Å²) in [5.41, 5.74) is 3.55. The molecule has 0 aromatic heterocycles. The fourth-order valence-electron chi connectivity index (χ4n) is 5.26. The van der Waals surface area contributed by atoms with Crippen LogP contribution in [-0.2, 0) is 39.1 Å². The van der Waals surface area contributed by atoms with E-state index in [1.807, 2.05) is 48.5 Å². The molecular weight excluding hydrogens is 565 g/mol. The van der Waals surface area contributed by atoms with Crippen LogP contribution >= 0.6 is 0 Å². The Labute approximate surface area is 254 Å². The van der Waals surface area contributed by atoms with Gasteiger partial charge in [0.05, 0.1) is 12.8 Å². The quantitative estimate of drug-likeness (QED) is 0.255. The molecule has 2 amide bonds. The summed E-state index contributed by atoms with van der Waals surface area (Å²) in [6.07, 6.45) is 8.71. The van der Waals surface area contributed by atoms with Gasteiger partial charge in [0.25, 0.3) is 0 Å². The first kappa shape index (κ1) is 32.1. The SMILES string of the molecule is CS(=O)(=O)N(CC(=O)N(Cc1ccc(F)cc1)[C@@H](Cc1ccccc1)C(=O)NCCC1=CCCCC1)Cc1ccccc1. The first-order chi connectivity index (χ1) is 20.7. The summed E-state index contributed by atoms with van der Waals surface area (Å²) in [4.78, 5) is 29.3. The summed E-state index contributed by atoms with van der Waals surface area (Å²) in [6, 6.07) is 23.3. The molecule has 3 aromatic rings. The van der Waals surface area contributed by atoms with E-state index in [0.717, 1.165) is 47.4 Å². The molecule has 0 radical (unpaired) electrons. The van der Waals surface area contributed by atoms with E-state index in [-0.39, 0.29) is 25.4 Å². The second kappa shape index (κ2) is 15.6. The maximum Gasteiger partial charge on any atom is 0.243 e. The lowest BCUT2D eigenvalue weighted by atomic mass is 9.97. The molecule has 228 valence electrons. The van der Waals surface area contributed by atoms with Crippen molar-refractivity contribution >= 4 is 21.8 Å². The van der Waals surface area contributed by atoms with E-state index in [2.05, 4.69) is 11.4 Å². The number of hydrogen-bond acceptors (Lipinski definition) is 4. The van der Waals surface area contributed by atoms with Gasteiger partial charge in [-0.3, -0.25) is 9.59 Å². The van der Waals surface area contributed by atoms with Crippen LogP contribution in [0.1, 0.15) is 48.8 Å². The van der Waals surface area contributed by atoms with Crippen molar-refractivity contribution in [2.24, 2.45) is 0 Å². The molecule has 7 nitrogen and oxygen atoms in total. The predicted octanol–water partition coefficient (Wildman–Crippen LogP) is 5.23. The monoisotopic (exact) mass is 605 g/mol. The fraction of sp³-hybridized carbons (Fsp3) is 0.353. The Kier molecular flexibility index (Phi) is 11.6. The minimum absolute atomic E-state index is 0.0120. The molecule has 1 aliphatic rings. The van der Waals surface area contributed by atoms with Gasteiger partial charge in [-0.15, -0.1) is 0 Å². The third kappa shape index (κ3) is 10.1. The van der Waals surface area contributed by atoms with Gasteiger partial charge in [-0.2, -0.15) is 4.31 Å². The molecule has 1 N–H and O–H groups in total. The van der Waals surface area contributed by atoms with E-state index < -0.39 is 34.3 Å². The lowest BCUT2D eigenvalue weighted by Gasteiger charge is -2.33. The number of halogens is 1. The Hall–Kier alpha value is -3.82. The highest BCUT2D eigenvalue weighted by atomic mass is 32.2. The van der Waals surface area contributed by atoms with E-state index >= 15 is 0 Å². The molecule has 0 saturated carbocycles. The number of carbonyl (C=O) groups is 2. The highest BCUT2D eigenvalue weighted by Gasteiger charge is 2.33. The summed E-state index contributed by atoms with van der Waals surface area (Å²) in [6.45, 7) is 0.0248. The van der Waals surface area contributed by atoms with Crippen LogP contribution in [0.3, 0.4) is 0 Å². The Bertz CT molecular complexity index is 1480. The average Bonchev–Trinajstić information content (AvgIpc) is 3.00. The lowest BCUT2D eigenvalue weighted by Crippen LogP contribution is -2.53. The van der Waals surface area contributed by atoms with Crippen molar-refractivity contribution in [1.29, 1.82) is 0 Å². The molecule has 0 heterocycles. The molecule has 0 unspecified atom stereocenters. The smallest absolute Gasteiger partial charge is 0.243 e. The molecule has 0 aliphatic heterocycles. The van der Waals surface area contributed by atoms with Crippen molar-refractivity contribution in [3.8, 4) is 0 Å². The van der Waals surface area contributed by atoms with Crippen molar-refractivity contribution in [1.82, 2.24) is 14.5 Å². The number of nitrogens with one attached hydrogen (secondary N) is 1. The molecule has 43 heavy (non-hydrogen) atoms. The largest absolute Gasteiger partial charge is 0.354 e. The van der Waals surface area contributed by atoms with Crippen LogP contribution in [-0.4, -0.2) is 54.8 Å². The summed E-state index contributed by atoms with van der Waals surface area (Å²) < 4.78 is 40.5. The number of carbonyl (C=O) groups excluding carboxylic acids is 2. The molecule has 3 aromatic carbocycles. The van der Waals surface area contributed by atoms with Gasteiger partial charge in [-0.05, 0) is 60.9 Å². The normalized spacial score (nSPS) is 14.2. The first-order valence-corrected chi connectivity index (χ1v) is 16.6. The van der Waals surface area contributed by atoms with Gasteiger partial charge < -0.3 is 10.2 Å². The number of rotatable bonds is 14. The standard InChI is InChI=1S/C34H40FN3O4S/c1-43(41,42)37(24-29-15-9-4-10-16-29)26-33(39)38(25-30-17-19-31(35)20-18-30)32(23-28-13-7-3-8-14-28)34(40)36-22-21-27-11-5-2-6-12-27/h3-4,7-11,13-20,32H,2,5-6,12,21-26H2,1H3,(H,36,40)/t32-/m0/s1. The van der Waals surface area contributed by atoms with Crippen LogP contribution in [0.2, 0.25) is 0 Å². The first-order valence-electron chi connectivity index (χ1n) is 14.7. The second-order valence-corrected chi connectivity index (χ2v) is 13.0. The Morgan fingerprint density at radius 3 is 2.09 bits per heavy atom. The third-order valence-corrected chi connectivity index (χ3v) is 8.85. The lowest BCUT2D eigenvalue weighted by molar-refractivity contribution is -0.141. The molecule has 0 spiro atoms. The summed E-state index contributed by atoms with van der Waals surface area (Å²) in [7, 11) is -3.77. The van der Waals surface area contributed by atoms with Crippen molar-refractivity contribution in [2.45, 2.75) is 57.7 Å². The highest BCUT2D eigenvalue weighted by Crippen LogP contribution is 2.20. The number of nitrogens with zero attached hydrogens (tertiary/aromatic N) is 2. The molecule has 1 aliphatic carbocycles. The number of amides is 2. The van der Waals surface area contributed by atoms with Gasteiger partial charge >= 0.3 is 0 Å². The van der Waals surface area contributed by atoms with Gasteiger partial charge in [0.2, 0.25) is 21.8 Å². The minimum Gasteiger partial charge on any atom is -0.354 e. The number of benzene rings is 3. The molecule has 4 rings (SSSR count). The molecule has 0 fully saturated rings. The molecule has 0 saturated heterocycles. The van der Waals surface area contributed by atoms with Crippen LogP contribution in [0.5, 0.6) is 0 Å². The van der Waals surface area contributed by atoms with Gasteiger partial charge in [0, 0.05) is 26.1 Å². The van der Waals surface area contributed by atoms with Gasteiger partial charge in [0.15, 0.2) is 0 Å². The van der Waals surface area contributed by atoms with Crippen LogP contribution in [0.25, 0.3) is 0 Å². The zero-order valence-corrected chi connectivity index (χ0v) is 25.4. The highest BCUT2D eigenvalue weighted by molar-refractivity contribution is 7.88. The van der Waals surface area contributed by atoms with Gasteiger partial charge in [-0.25, -0.2) is 12.8 Å². The van der Waals surface area contributed by atoms with Crippen LogP contribution in [0, 0.1) is 5.82 Å². The molecule has 0 bridgehead atoms. The number of hydrogen-bond donors (Lipinski definition) is 1. The van der Waals surface area contributed by atoms with E-state index in [0.29, 0.717) is 12.1 Å². The zero-order chi connectivity index (χ0) is 30.7. The van der Waals surface area contributed by atoms with E-state index in [9.17, 15) is 22.4 Å². The average molecular weight is 606 g/mol. The van der Waals surface area contributed by atoms with Crippen molar-refractivity contribution < 1.29 is 22.4 Å². The van der Waals surface area contributed by atoms with Crippen molar-refractivity contribution in [3.05, 3.63) is 119 Å². The zero-order valence-electron chi connectivity index (χ0n) is 24.6. The van der Waals surface area contributed by atoms with Gasteiger partial charge in [0.1, 0.15) is 11.9 Å². The topological polar surface area (TPSA) is 86.8 Å². The van der Waals surface area contributed by atoms with Crippen molar-refractivity contribution in [3.63, 3.8) is 0 Å². The second-order valence-electron chi connectivity index (χ2n) is 11.0. The van der Waals surface area contributed by atoms with Crippen LogP contribution in [0.15, 0.2) is 96.6 Å². The number of sulfonamides is 1. The Morgan fingerprint density at radius 1 is 0.860 bits per heavy atom. The van der Waals surface area contributed by atoms with E-state index in [4.69, 9.17) is 0 Å². The maximum atomic E-state index is 14.1. The molecular formula is C34H40FN3O4S. The van der Waals surface area contributed by atoms with Gasteiger partial charge in [-0.1, -0.05) is 84.4 Å². The summed E-state index contributed by atoms with van der Waals surface area (Å²) >= 11 is 0. The third-order valence-electron chi connectivity index (χ3n) is 7.65. The fourth-order valence-corrected chi connectivity index (χ4v) is 5.98. The van der Waals surface area contributed by atoms with E-state index in [1.54, 1.807) is 24.3 Å². The number of allylic oxidation sites excluding steroid dienone is 1. The van der Waals surface area contributed by atoms with Crippen molar-refractivity contribution in [2.75, 3.05) is 19.3 Å². The summed E-state index contributed by atoms with van der Waals surface area (Å²) in [5.74, 6) is -1.25.